The SMILES string of the molecule is Cc1ccc(C(=O)NN=CC(=O)O)cc1. The minimum Gasteiger partial charge on any atom is -0.477 e. The second-order valence-electron chi connectivity index (χ2n) is 2.90. The van der Waals surface area contributed by atoms with Crippen molar-refractivity contribution in [3.8, 4) is 0 Å². The third-order valence-corrected chi connectivity index (χ3v) is 1.65. The highest BCUT2D eigenvalue weighted by molar-refractivity contribution is 6.22. The summed E-state index contributed by atoms with van der Waals surface area (Å²) in [4.78, 5) is 21.4. The molecule has 1 aromatic carbocycles. The minimum atomic E-state index is -1.21. The number of carboxylic acids is 1. The number of carbonyl (C=O) groups excluding carboxylic acids is 1. The fourth-order valence-corrected chi connectivity index (χ4v) is 0.916. The second-order valence-corrected chi connectivity index (χ2v) is 2.90. The summed E-state index contributed by atoms with van der Waals surface area (Å²) in [5.41, 5.74) is 3.58. The van der Waals surface area contributed by atoms with E-state index in [1.54, 1.807) is 24.3 Å². The van der Waals surface area contributed by atoms with E-state index in [-0.39, 0.29) is 0 Å². The molecule has 5 heteroatoms. The van der Waals surface area contributed by atoms with Gasteiger partial charge in [-0.25, -0.2) is 10.2 Å². The van der Waals surface area contributed by atoms with Gasteiger partial charge in [-0.05, 0) is 19.1 Å². The Bertz CT molecular complexity index is 396. The Morgan fingerprint density at radius 1 is 1.33 bits per heavy atom. The molecule has 0 spiro atoms. The first-order valence-corrected chi connectivity index (χ1v) is 4.22. The Kier molecular flexibility index (Phi) is 3.56. The molecule has 0 bridgehead atoms. The number of carboxylic acid groups (broad SMARTS) is 1. The van der Waals surface area contributed by atoms with Crippen LogP contribution in [0.1, 0.15) is 15.9 Å². The number of carbonyl (C=O) groups is 2. The maximum atomic E-state index is 11.3. The van der Waals surface area contributed by atoms with Gasteiger partial charge in [-0.3, -0.25) is 4.79 Å². The lowest BCUT2D eigenvalue weighted by molar-refractivity contribution is -0.128. The van der Waals surface area contributed by atoms with Gasteiger partial charge in [-0.2, -0.15) is 5.10 Å². The standard InChI is InChI=1S/C10H10N2O3/c1-7-2-4-8(5-3-7)10(15)12-11-6-9(13)14/h2-6H,1H3,(H,12,15)(H,13,14). The van der Waals surface area contributed by atoms with E-state index in [1.165, 1.54) is 0 Å². The second kappa shape index (κ2) is 4.90. The molecule has 78 valence electrons. The summed E-state index contributed by atoms with van der Waals surface area (Å²) in [6.07, 6.45) is 0.617. The van der Waals surface area contributed by atoms with E-state index in [0.29, 0.717) is 11.8 Å². The van der Waals surface area contributed by atoms with Crippen LogP contribution in [0.15, 0.2) is 29.4 Å². The van der Waals surface area contributed by atoms with Gasteiger partial charge in [-0.1, -0.05) is 17.7 Å². The zero-order chi connectivity index (χ0) is 11.3. The molecule has 1 rings (SSSR count). The summed E-state index contributed by atoms with van der Waals surface area (Å²) in [6.45, 7) is 1.91. The monoisotopic (exact) mass is 206 g/mol. The molecule has 0 saturated heterocycles. The first kappa shape index (κ1) is 10.9. The predicted molar refractivity (Wildman–Crippen MR) is 54.8 cm³/mol. The summed E-state index contributed by atoms with van der Waals surface area (Å²) in [7, 11) is 0. The highest BCUT2D eigenvalue weighted by atomic mass is 16.4. The highest BCUT2D eigenvalue weighted by Crippen LogP contribution is 2.02. The van der Waals surface area contributed by atoms with Gasteiger partial charge >= 0.3 is 5.97 Å². The van der Waals surface area contributed by atoms with Crippen molar-refractivity contribution < 1.29 is 14.7 Å². The summed E-state index contributed by atoms with van der Waals surface area (Å²) < 4.78 is 0. The summed E-state index contributed by atoms with van der Waals surface area (Å²) >= 11 is 0. The van der Waals surface area contributed by atoms with Crippen molar-refractivity contribution in [2.24, 2.45) is 5.10 Å². The zero-order valence-electron chi connectivity index (χ0n) is 8.10. The average molecular weight is 206 g/mol. The highest BCUT2D eigenvalue weighted by Gasteiger charge is 2.02. The molecular formula is C10H10N2O3. The third-order valence-electron chi connectivity index (χ3n) is 1.65. The number of hydrazone groups is 1. The van der Waals surface area contributed by atoms with Crippen LogP contribution in [0.4, 0.5) is 0 Å². The topological polar surface area (TPSA) is 78.8 Å². The van der Waals surface area contributed by atoms with Crippen LogP contribution in [0.25, 0.3) is 0 Å². The maximum absolute atomic E-state index is 11.3. The molecule has 1 amide bonds. The number of hydrogen-bond acceptors (Lipinski definition) is 3. The van der Waals surface area contributed by atoms with Crippen molar-refractivity contribution >= 4 is 18.1 Å². The molecular weight excluding hydrogens is 196 g/mol. The zero-order valence-corrected chi connectivity index (χ0v) is 8.10. The third kappa shape index (κ3) is 3.60. The van der Waals surface area contributed by atoms with Gasteiger partial charge in [0, 0.05) is 5.56 Å². The van der Waals surface area contributed by atoms with Crippen molar-refractivity contribution in [1.29, 1.82) is 0 Å². The number of hydrogen-bond donors (Lipinski definition) is 2. The summed E-state index contributed by atoms with van der Waals surface area (Å²) in [5, 5.41) is 11.5. The average Bonchev–Trinajstić information content (AvgIpc) is 2.18. The quantitative estimate of drug-likeness (QED) is 0.567. The smallest absolute Gasteiger partial charge is 0.348 e. The van der Waals surface area contributed by atoms with E-state index in [1.807, 2.05) is 6.92 Å². The van der Waals surface area contributed by atoms with E-state index in [9.17, 15) is 9.59 Å². The molecule has 0 atom stereocenters. The molecule has 0 aliphatic rings. The maximum Gasteiger partial charge on any atom is 0.348 e. The number of aryl methyl sites for hydroxylation is 1. The van der Waals surface area contributed by atoms with Crippen molar-refractivity contribution in [3.05, 3.63) is 35.4 Å². The summed E-state index contributed by atoms with van der Waals surface area (Å²) in [6, 6.07) is 6.85. The molecule has 0 fully saturated rings. The van der Waals surface area contributed by atoms with Crippen molar-refractivity contribution in [2.75, 3.05) is 0 Å². The van der Waals surface area contributed by atoms with Gasteiger partial charge in [-0.15, -0.1) is 0 Å². The van der Waals surface area contributed by atoms with Gasteiger partial charge in [0.1, 0.15) is 6.21 Å². The van der Waals surface area contributed by atoms with Crippen molar-refractivity contribution in [1.82, 2.24) is 5.43 Å². The van der Waals surface area contributed by atoms with Crippen LogP contribution in [0.3, 0.4) is 0 Å². The molecule has 2 N–H and O–H groups in total. The largest absolute Gasteiger partial charge is 0.477 e. The minimum absolute atomic E-state index is 0.433. The number of amides is 1. The lowest BCUT2D eigenvalue weighted by Crippen LogP contribution is -2.18. The van der Waals surface area contributed by atoms with Crippen LogP contribution >= 0.6 is 0 Å². The number of benzene rings is 1. The molecule has 1 aromatic rings. The molecule has 0 aromatic heterocycles. The predicted octanol–water partition coefficient (Wildman–Crippen LogP) is 0.795. The Morgan fingerprint density at radius 2 is 1.93 bits per heavy atom. The first-order chi connectivity index (χ1) is 7.09. The van der Waals surface area contributed by atoms with Crippen molar-refractivity contribution in [2.45, 2.75) is 6.92 Å². The molecule has 0 heterocycles. The van der Waals surface area contributed by atoms with Crippen LogP contribution in [0.5, 0.6) is 0 Å². The lowest BCUT2D eigenvalue weighted by Gasteiger charge is -1.99. The van der Waals surface area contributed by atoms with Gasteiger partial charge < -0.3 is 5.11 Å². The number of aliphatic carboxylic acids is 1. The van der Waals surface area contributed by atoms with Crippen LogP contribution in [-0.4, -0.2) is 23.2 Å². The van der Waals surface area contributed by atoms with Crippen LogP contribution in [0.2, 0.25) is 0 Å². The van der Waals surface area contributed by atoms with Gasteiger partial charge in [0.25, 0.3) is 5.91 Å². The first-order valence-electron chi connectivity index (χ1n) is 4.22. The number of nitrogens with one attached hydrogen (secondary N) is 1. The molecule has 15 heavy (non-hydrogen) atoms. The molecule has 0 unspecified atom stereocenters. The Balaban J connectivity index is 2.62. The van der Waals surface area contributed by atoms with Gasteiger partial charge in [0.15, 0.2) is 0 Å². The Morgan fingerprint density at radius 3 is 2.47 bits per heavy atom. The number of rotatable bonds is 3. The van der Waals surface area contributed by atoms with E-state index in [2.05, 4.69) is 10.5 Å². The van der Waals surface area contributed by atoms with Crippen molar-refractivity contribution in [3.63, 3.8) is 0 Å². The summed E-state index contributed by atoms with van der Waals surface area (Å²) in [5.74, 6) is -1.65. The fraction of sp³-hybridized carbons (Fsp3) is 0.100. The van der Waals surface area contributed by atoms with Crippen LogP contribution < -0.4 is 5.43 Å². The van der Waals surface area contributed by atoms with Gasteiger partial charge in [0.2, 0.25) is 0 Å². The van der Waals surface area contributed by atoms with E-state index < -0.39 is 11.9 Å². The number of nitrogens with zero attached hydrogens (tertiary/aromatic N) is 1. The molecule has 5 nitrogen and oxygen atoms in total. The molecule has 0 aliphatic carbocycles. The van der Waals surface area contributed by atoms with E-state index in [0.717, 1.165) is 5.56 Å². The van der Waals surface area contributed by atoms with Crippen LogP contribution in [0, 0.1) is 6.92 Å². The molecule has 0 aliphatic heterocycles. The van der Waals surface area contributed by atoms with E-state index in [4.69, 9.17) is 5.11 Å². The van der Waals surface area contributed by atoms with E-state index >= 15 is 0 Å². The molecule has 0 radical (unpaired) electrons. The van der Waals surface area contributed by atoms with Gasteiger partial charge in [0.05, 0.1) is 0 Å². The Hall–Kier alpha value is -2.17. The van der Waals surface area contributed by atoms with Crippen LogP contribution in [-0.2, 0) is 4.79 Å². The normalized spacial score (nSPS) is 10.2. The lowest BCUT2D eigenvalue weighted by atomic mass is 10.1. The fourth-order valence-electron chi connectivity index (χ4n) is 0.916. The Labute approximate surface area is 86.4 Å². The molecule has 0 saturated carbocycles.